The highest BCUT2D eigenvalue weighted by Gasteiger charge is 2.22. The summed E-state index contributed by atoms with van der Waals surface area (Å²) in [6.45, 7) is 11.3. The highest BCUT2D eigenvalue weighted by atomic mass is 15.3. The van der Waals surface area contributed by atoms with Crippen molar-refractivity contribution < 1.29 is 4.48 Å². The van der Waals surface area contributed by atoms with Crippen LogP contribution in [0.1, 0.15) is 59.8 Å². The molecule has 0 amide bonds. The van der Waals surface area contributed by atoms with Gasteiger partial charge in [-0.15, -0.1) is 0 Å². The van der Waals surface area contributed by atoms with Crippen molar-refractivity contribution in [3.8, 4) is 11.8 Å². The molecular formula is C15H30N+. The smallest absolute Gasteiger partial charge is 0.147 e. The Morgan fingerprint density at radius 3 is 2.12 bits per heavy atom. The zero-order valence-corrected chi connectivity index (χ0v) is 12.0. The van der Waals surface area contributed by atoms with Crippen LogP contribution in [0.25, 0.3) is 0 Å². The van der Waals surface area contributed by atoms with Crippen LogP contribution in [-0.4, -0.2) is 30.7 Å². The van der Waals surface area contributed by atoms with Crippen LogP contribution in [-0.2, 0) is 0 Å². The molecule has 1 nitrogen and oxygen atoms in total. The van der Waals surface area contributed by atoms with Crippen LogP contribution in [0.5, 0.6) is 0 Å². The van der Waals surface area contributed by atoms with Crippen LogP contribution in [0.15, 0.2) is 0 Å². The molecule has 0 saturated heterocycles. The maximum Gasteiger partial charge on any atom is 0.147 e. The first-order valence-electron chi connectivity index (χ1n) is 6.93. The van der Waals surface area contributed by atoms with Gasteiger partial charge >= 0.3 is 0 Å². The summed E-state index contributed by atoms with van der Waals surface area (Å²) in [5.74, 6) is 6.78. The topological polar surface area (TPSA) is 0 Å². The van der Waals surface area contributed by atoms with E-state index in [-0.39, 0.29) is 0 Å². The second-order valence-corrected chi connectivity index (χ2v) is 4.92. The average Bonchev–Trinajstić information content (AvgIpc) is 2.32. The van der Waals surface area contributed by atoms with Gasteiger partial charge in [-0.05, 0) is 33.1 Å². The Labute approximate surface area is 103 Å². The molecule has 0 rings (SSSR count). The van der Waals surface area contributed by atoms with Gasteiger partial charge in [0, 0.05) is 6.42 Å². The highest BCUT2D eigenvalue weighted by Crippen LogP contribution is 2.08. The predicted molar refractivity (Wildman–Crippen MR) is 73.3 cm³/mol. The van der Waals surface area contributed by atoms with E-state index >= 15 is 0 Å². The number of hydrogen-bond donors (Lipinski definition) is 0. The molecule has 0 spiro atoms. The first-order valence-corrected chi connectivity index (χ1v) is 6.93. The monoisotopic (exact) mass is 224 g/mol. The Morgan fingerprint density at radius 2 is 1.62 bits per heavy atom. The molecule has 0 saturated carbocycles. The lowest BCUT2D eigenvalue weighted by molar-refractivity contribution is -0.920. The Hall–Kier alpha value is -0.480. The van der Waals surface area contributed by atoms with Gasteiger partial charge in [-0.2, -0.15) is 0 Å². The number of rotatable bonds is 7. The summed E-state index contributed by atoms with van der Waals surface area (Å²) in [5, 5.41) is 0. The maximum absolute atomic E-state index is 3.42. The molecule has 94 valence electrons. The van der Waals surface area contributed by atoms with Crippen molar-refractivity contribution in [2.24, 2.45) is 0 Å². The normalized spacial score (nSPS) is 13.1. The average molecular weight is 224 g/mol. The first kappa shape index (κ1) is 15.5. The summed E-state index contributed by atoms with van der Waals surface area (Å²) in [7, 11) is 2.30. The lowest BCUT2D eigenvalue weighted by Crippen LogP contribution is -2.49. The summed E-state index contributed by atoms with van der Waals surface area (Å²) in [6, 6.07) is 0.473. The molecule has 0 aromatic carbocycles. The SMILES string of the molecule is CCCCCCC#C[C@@H](C)[N+](C)(CC)CC. The van der Waals surface area contributed by atoms with Crippen molar-refractivity contribution in [1.82, 2.24) is 0 Å². The molecule has 0 bridgehead atoms. The summed E-state index contributed by atoms with van der Waals surface area (Å²) in [4.78, 5) is 0. The second-order valence-electron chi connectivity index (χ2n) is 4.92. The van der Waals surface area contributed by atoms with E-state index in [1.165, 1.54) is 38.8 Å². The fraction of sp³-hybridized carbons (Fsp3) is 0.867. The van der Waals surface area contributed by atoms with Gasteiger partial charge in [0.15, 0.2) is 0 Å². The van der Waals surface area contributed by atoms with E-state index < -0.39 is 0 Å². The van der Waals surface area contributed by atoms with Crippen molar-refractivity contribution in [3.05, 3.63) is 0 Å². The Morgan fingerprint density at radius 1 is 1.00 bits per heavy atom. The van der Waals surface area contributed by atoms with Crippen LogP contribution in [0.4, 0.5) is 0 Å². The van der Waals surface area contributed by atoms with E-state index in [1.807, 2.05) is 0 Å². The van der Waals surface area contributed by atoms with E-state index in [0.717, 1.165) is 10.9 Å². The third kappa shape index (κ3) is 5.56. The molecule has 0 aromatic heterocycles. The molecule has 1 heteroatoms. The highest BCUT2D eigenvalue weighted by molar-refractivity contribution is 5.03. The standard InChI is InChI=1S/C15H30N/c1-6-9-10-11-12-13-14-15(4)16(5,7-2)8-3/h15H,6-12H2,1-5H3/q+1/t15-/m1/s1. The molecule has 0 aliphatic carbocycles. The maximum atomic E-state index is 3.42. The molecule has 0 unspecified atom stereocenters. The molecule has 0 aliphatic heterocycles. The zero-order chi connectivity index (χ0) is 12.4. The second kappa shape index (κ2) is 8.65. The number of quaternary nitrogens is 1. The Kier molecular flexibility index (Phi) is 8.39. The van der Waals surface area contributed by atoms with Gasteiger partial charge in [-0.25, -0.2) is 0 Å². The van der Waals surface area contributed by atoms with Crippen LogP contribution in [0, 0.1) is 11.8 Å². The van der Waals surface area contributed by atoms with Crippen LogP contribution < -0.4 is 0 Å². The van der Waals surface area contributed by atoms with Gasteiger partial charge in [0.25, 0.3) is 0 Å². The lowest BCUT2D eigenvalue weighted by atomic mass is 10.1. The third-order valence-corrected chi connectivity index (χ3v) is 3.85. The number of nitrogens with zero attached hydrogens (tertiary/aromatic N) is 1. The number of hydrogen-bond acceptors (Lipinski definition) is 0. The van der Waals surface area contributed by atoms with Gasteiger partial charge in [0.1, 0.15) is 6.04 Å². The molecule has 16 heavy (non-hydrogen) atoms. The number of unbranched alkanes of at least 4 members (excludes halogenated alkanes) is 4. The summed E-state index contributed by atoms with van der Waals surface area (Å²) < 4.78 is 1.07. The summed E-state index contributed by atoms with van der Waals surface area (Å²) in [5.41, 5.74) is 0. The minimum absolute atomic E-state index is 0.473. The Bertz CT molecular complexity index is 217. The van der Waals surface area contributed by atoms with Gasteiger partial charge in [0.2, 0.25) is 0 Å². The fourth-order valence-electron chi connectivity index (χ4n) is 1.79. The van der Waals surface area contributed by atoms with Gasteiger partial charge in [-0.3, -0.25) is 0 Å². The van der Waals surface area contributed by atoms with Crippen molar-refractivity contribution in [1.29, 1.82) is 0 Å². The summed E-state index contributed by atoms with van der Waals surface area (Å²) in [6.07, 6.45) is 6.36. The van der Waals surface area contributed by atoms with Crippen molar-refractivity contribution in [2.75, 3.05) is 20.1 Å². The summed E-state index contributed by atoms with van der Waals surface area (Å²) >= 11 is 0. The minimum Gasteiger partial charge on any atom is -0.314 e. The molecular weight excluding hydrogens is 194 g/mol. The van der Waals surface area contributed by atoms with Crippen molar-refractivity contribution in [2.45, 2.75) is 65.8 Å². The fourth-order valence-corrected chi connectivity index (χ4v) is 1.79. The zero-order valence-electron chi connectivity index (χ0n) is 12.0. The van der Waals surface area contributed by atoms with Crippen molar-refractivity contribution in [3.63, 3.8) is 0 Å². The predicted octanol–water partition coefficient (Wildman–Crippen LogP) is 3.84. The molecule has 0 aliphatic rings. The Balaban J connectivity index is 3.94. The molecule has 0 aromatic rings. The molecule has 1 atom stereocenters. The van der Waals surface area contributed by atoms with Gasteiger partial charge < -0.3 is 4.48 Å². The molecule has 0 fully saturated rings. The molecule has 0 N–H and O–H groups in total. The molecule has 0 radical (unpaired) electrons. The van der Waals surface area contributed by atoms with Crippen LogP contribution in [0.3, 0.4) is 0 Å². The van der Waals surface area contributed by atoms with E-state index in [4.69, 9.17) is 0 Å². The quantitative estimate of drug-likeness (QED) is 0.350. The van der Waals surface area contributed by atoms with Crippen LogP contribution >= 0.6 is 0 Å². The first-order chi connectivity index (χ1) is 7.60. The lowest BCUT2D eigenvalue weighted by Gasteiger charge is -2.35. The minimum atomic E-state index is 0.473. The van der Waals surface area contributed by atoms with E-state index in [2.05, 4.69) is 46.6 Å². The van der Waals surface area contributed by atoms with E-state index in [1.54, 1.807) is 0 Å². The van der Waals surface area contributed by atoms with Gasteiger partial charge in [0.05, 0.1) is 20.1 Å². The van der Waals surface area contributed by atoms with Crippen molar-refractivity contribution >= 4 is 0 Å². The third-order valence-electron chi connectivity index (χ3n) is 3.85. The van der Waals surface area contributed by atoms with Gasteiger partial charge in [-0.1, -0.05) is 32.1 Å². The van der Waals surface area contributed by atoms with E-state index in [9.17, 15) is 0 Å². The van der Waals surface area contributed by atoms with Crippen LogP contribution in [0.2, 0.25) is 0 Å². The molecule has 0 heterocycles. The van der Waals surface area contributed by atoms with E-state index in [0.29, 0.717) is 6.04 Å². The largest absolute Gasteiger partial charge is 0.314 e.